The van der Waals surface area contributed by atoms with Gasteiger partial charge in [-0.3, -0.25) is 0 Å². The number of pyridine rings is 1. The van der Waals surface area contributed by atoms with Crippen LogP contribution in [0, 0.1) is 11.3 Å². The normalized spacial score (nSPS) is 11.5. The Hall–Kier alpha value is -2.09. The summed E-state index contributed by atoms with van der Waals surface area (Å²) in [7, 11) is 1.51. The molecule has 0 atom stereocenters. The van der Waals surface area contributed by atoms with E-state index in [0.717, 1.165) is 11.0 Å². The second kappa shape index (κ2) is 3.74. The van der Waals surface area contributed by atoms with Crippen molar-refractivity contribution in [3.63, 3.8) is 0 Å². The van der Waals surface area contributed by atoms with Crippen LogP contribution < -0.4 is 4.74 Å². The van der Waals surface area contributed by atoms with E-state index < -0.39 is 0 Å². The van der Waals surface area contributed by atoms with E-state index in [1.807, 2.05) is 25.5 Å². The molecule has 2 aromatic heterocycles. The largest absolute Gasteiger partial charge is 0.480 e. The summed E-state index contributed by atoms with van der Waals surface area (Å²) >= 11 is 0. The summed E-state index contributed by atoms with van der Waals surface area (Å²) in [6.45, 7) is 6.14. The smallest absolute Gasteiger partial charge is 0.233 e. The van der Waals surface area contributed by atoms with Crippen LogP contribution in [-0.4, -0.2) is 21.9 Å². The third-order valence-electron chi connectivity index (χ3n) is 2.46. The average molecular weight is 230 g/mol. The van der Waals surface area contributed by atoms with Crippen LogP contribution >= 0.6 is 0 Å². The standard InChI is InChI=1S/C12H14N4O/c1-12(2,3)16-10-9(7-14-16)5-8(6-13)11(15-10)17-4/h5,7H,1-4H3. The van der Waals surface area contributed by atoms with Crippen molar-refractivity contribution in [1.82, 2.24) is 14.8 Å². The molecule has 0 aromatic carbocycles. The molecule has 0 aliphatic rings. The van der Waals surface area contributed by atoms with Crippen molar-refractivity contribution in [2.75, 3.05) is 7.11 Å². The summed E-state index contributed by atoms with van der Waals surface area (Å²) < 4.78 is 6.93. The number of aromatic nitrogens is 3. The number of rotatable bonds is 1. The maximum Gasteiger partial charge on any atom is 0.233 e. The molecule has 0 N–H and O–H groups in total. The van der Waals surface area contributed by atoms with E-state index in [1.165, 1.54) is 7.11 Å². The highest BCUT2D eigenvalue weighted by molar-refractivity contribution is 5.77. The molecule has 0 aliphatic carbocycles. The molecule has 0 radical (unpaired) electrons. The van der Waals surface area contributed by atoms with Crippen molar-refractivity contribution in [2.24, 2.45) is 0 Å². The van der Waals surface area contributed by atoms with E-state index in [4.69, 9.17) is 10.00 Å². The van der Waals surface area contributed by atoms with Crippen molar-refractivity contribution in [3.8, 4) is 11.9 Å². The van der Waals surface area contributed by atoms with Crippen LogP contribution in [0.4, 0.5) is 0 Å². The molecule has 2 heterocycles. The Labute approximate surface area is 99.6 Å². The van der Waals surface area contributed by atoms with Gasteiger partial charge in [-0.15, -0.1) is 0 Å². The Bertz CT molecular complexity index is 601. The quantitative estimate of drug-likeness (QED) is 0.752. The van der Waals surface area contributed by atoms with Gasteiger partial charge in [0.05, 0.1) is 18.8 Å². The summed E-state index contributed by atoms with van der Waals surface area (Å²) in [5.74, 6) is 0.339. The zero-order valence-electron chi connectivity index (χ0n) is 10.4. The van der Waals surface area contributed by atoms with Crippen LogP contribution in [0.5, 0.6) is 5.88 Å². The lowest BCUT2D eigenvalue weighted by Gasteiger charge is -2.19. The van der Waals surface area contributed by atoms with Gasteiger partial charge < -0.3 is 4.74 Å². The Kier molecular flexibility index (Phi) is 2.50. The summed E-state index contributed by atoms with van der Waals surface area (Å²) in [5.41, 5.74) is 0.996. The van der Waals surface area contributed by atoms with Crippen LogP contribution in [0.3, 0.4) is 0 Å². The highest BCUT2D eigenvalue weighted by Crippen LogP contribution is 2.25. The van der Waals surface area contributed by atoms with Crippen LogP contribution in [0.15, 0.2) is 12.3 Å². The fourth-order valence-corrected chi connectivity index (χ4v) is 1.67. The predicted molar refractivity (Wildman–Crippen MR) is 63.8 cm³/mol. The van der Waals surface area contributed by atoms with Crippen molar-refractivity contribution < 1.29 is 4.74 Å². The first-order chi connectivity index (χ1) is 7.97. The molecule has 0 saturated carbocycles. The van der Waals surface area contributed by atoms with Crippen LogP contribution in [0.2, 0.25) is 0 Å². The molecule has 0 fully saturated rings. The number of nitriles is 1. The number of fused-ring (bicyclic) bond motifs is 1. The molecular weight excluding hydrogens is 216 g/mol. The van der Waals surface area contributed by atoms with Gasteiger partial charge in [0.1, 0.15) is 11.6 Å². The van der Waals surface area contributed by atoms with Gasteiger partial charge in [-0.1, -0.05) is 0 Å². The molecule has 88 valence electrons. The van der Waals surface area contributed by atoms with Crippen LogP contribution in [0.1, 0.15) is 26.3 Å². The Morgan fingerprint density at radius 1 is 1.41 bits per heavy atom. The SMILES string of the molecule is COc1nc2c(cnn2C(C)(C)C)cc1C#N. The highest BCUT2D eigenvalue weighted by atomic mass is 16.5. The van der Waals surface area contributed by atoms with Crippen molar-refractivity contribution in [3.05, 3.63) is 17.8 Å². The molecule has 17 heavy (non-hydrogen) atoms. The minimum Gasteiger partial charge on any atom is -0.480 e. The minimum absolute atomic E-state index is 0.159. The summed E-state index contributed by atoms with van der Waals surface area (Å²) in [6.07, 6.45) is 1.72. The number of ether oxygens (including phenoxy) is 1. The van der Waals surface area contributed by atoms with E-state index in [-0.39, 0.29) is 5.54 Å². The molecule has 0 aliphatic heterocycles. The van der Waals surface area contributed by atoms with Gasteiger partial charge in [0, 0.05) is 5.39 Å². The van der Waals surface area contributed by atoms with E-state index in [0.29, 0.717) is 11.4 Å². The van der Waals surface area contributed by atoms with Gasteiger partial charge >= 0.3 is 0 Å². The number of nitrogens with zero attached hydrogens (tertiary/aromatic N) is 4. The molecule has 0 unspecified atom stereocenters. The van der Waals surface area contributed by atoms with Crippen LogP contribution in [0.25, 0.3) is 11.0 Å². The zero-order valence-corrected chi connectivity index (χ0v) is 10.4. The van der Waals surface area contributed by atoms with E-state index in [9.17, 15) is 0 Å². The Morgan fingerprint density at radius 3 is 2.65 bits per heavy atom. The molecule has 5 nitrogen and oxygen atoms in total. The maximum absolute atomic E-state index is 8.98. The maximum atomic E-state index is 8.98. The molecular formula is C12H14N4O. The summed E-state index contributed by atoms with van der Waals surface area (Å²) in [4.78, 5) is 4.35. The number of hydrogen-bond donors (Lipinski definition) is 0. The molecule has 2 aromatic rings. The van der Waals surface area contributed by atoms with E-state index >= 15 is 0 Å². The van der Waals surface area contributed by atoms with Gasteiger partial charge in [0.15, 0.2) is 5.65 Å². The third-order valence-corrected chi connectivity index (χ3v) is 2.46. The monoisotopic (exact) mass is 230 g/mol. The fraction of sp³-hybridized carbons (Fsp3) is 0.417. The van der Waals surface area contributed by atoms with E-state index in [1.54, 1.807) is 12.3 Å². The Morgan fingerprint density at radius 2 is 2.12 bits per heavy atom. The van der Waals surface area contributed by atoms with Crippen molar-refractivity contribution in [1.29, 1.82) is 5.26 Å². The van der Waals surface area contributed by atoms with Gasteiger partial charge in [0.2, 0.25) is 5.88 Å². The third kappa shape index (κ3) is 1.82. The molecule has 0 saturated heterocycles. The lowest BCUT2D eigenvalue weighted by atomic mass is 10.1. The van der Waals surface area contributed by atoms with Crippen LogP contribution in [-0.2, 0) is 5.54 Å². The van der Waals surface area contributed by atoms with Crippen molar-refractivity contribution in [2.45, 2.75) is 26.3 Å². The molecule has 5 heteroatoms. The van der Waals surface area contributed by atoms with Gasteiger partial charge in [0.25, 0.3) is 0 Å². The zero-order chi connectivity index (χ0) is 12.6. The molecule has 2 rings (SSSR count). The van der Waals surface area contributed by atoms with E-state index in [2.05, 4.69) is 16.2 Å². The van der Waals surface area contributed by atoms with Crippen molar-refractivity contribution >= 4 is 11.0 Å². The first kappa shape index (κ1) is 11.4. The number of methoxy groups -OCH3 is 1. The van der Waals surface area contributed by atoms with Gasteiger partial charge in [-0.2, -0.15) is 15.3 Å². The lowest BCUT2D eigenvalue weighted by molar-refractivity contribution is 0.361. The number of hydrogen-bond acceptors (Lipinski definition) is 4. The average Bonchev–Trinajstić information content (AvgIpc) is 2.69. The lowest BCUT2D eigenvalue weighted by Crippen LogP contribution is -2.23. The molecule has 0 spiro atoms. The summed E-state index contributed by atoms with van der Waals surface area (Å²) in [6, 6.07) is 3.81. The predicted octanol–water partition coefficient (Wildman–Crippen LogP) is 2.07. The minimum atomic E-state index is -0.159. The fourth-order valence-electron chi connectivity index (χ4n) is 1.67. The first-order valence-electron chi connectivity index (χ1n) is 5.30. The topological polar surface area (TPSA) is 63.7 Å². The van der Waals surface area contributed by atoms with Gasteiger partial charge in [-0.05, 0) is 26.8 Å². The second-order valence-electron chi connectivity index (χ2n) is 4.80. The molecule has 0 amide bonds. The highest BCUT2D eigenvalue weighted by Gasteiger charge is 2.19. The molecule has 0 bridgehead atoms. The Balaban J connectivity index is 2.75. The summed E-state index contributed by atoms with van der Waals surface area (Å²) in [5, 5.41) is 14.1. The first-order valence-corrected chi connectivity index (χ1v) is 5.30. The van der Waals surface area contributed by atoms with Gasteiger partial charge in [-0.25, -0.2) is 4.68 Å². The second-order valence-corrected chi connectivity index (χ2v) is 4.80.